The Balaban J connectivity index is 2.02. The molecule has 5 nitrogen and oxygen atoms in total. The van der Waals surface area contributed by atoms with Gasteiger partial charge in [0.25, 0.3) is 0 Å². The zero-order chi connectivity index (χ0) is 12.4. The third kappa shape index (κ3) is 1.97. The number of rotatable bonds is 4. The van der Waals surface area contributed by atoms with Crippen molar-refractivity contribution >= 4 is 5.82 Å². The van der Waals surface area contributed by atoms with E-state index in [2.05, 4.69) is 15.3 Å². The van der Waals surface area contributed by atoms with Gasteiger partial charge in [-0.05, 0) is 31.4 Å². The second-order valence-corrected chi connectivity index (χ2v) is 4.37. The first-order valence-corrected chi connectivity index (χ1v) is 6.26. The maximum Gasteiger partial charge on any atom is 0.197 e. The van der Waals surface area contributed by atoms with E-state index in [0.717, 1.165) is 37.3 Å². The lowest BCUT2D eigenvalue weighted by atomic mass is 10.2. The number of nitrogens with two attached hydrogens (primary N) is 1. The van der Waals surface area contributed by atoms with E-state index < -0.39 is 0 Å². The number of anilines is 1. The number of nitrogens with one attached hydrogen (secondary N) is 1. The molecule has 0 aliphatic heterocycles. The van der Waals surface area contributed by atoms with Crippen LogP contribution in [0.25, 0.3) is 11.6 Å². The van der Waals surface area contributed by atoms with E-state index in [1.54, 1.807) is 6.26 Å². The number of hydrogen-bond donors (Lipinski definition) is 2. The Morgan fingerprint density at radius 1 is 1.33 bits per heavy atom. The van der Waals surface area contributed by atoms with E-state index >= 15 is 0 Å². The molecule has 0 saturated carbocycles. The quantitative estimate of drug-likeness (QED) is 0.854. The summed E-state index contributed by atoms with van der Waals surface area (Å²) in [5, 5.41) is 3.28. The van der Waals surface area contributed by atoms with E-state index in [1.165, 1.54) is 5.56 Å². The molecule has 2 aromatic heterocycles. The molecule has 0 amide bonds. The summed E-state index contributed by atoms with van der Waals surface area (Å²) in [6.45, 7) is 1.32. The summed E-state index contributed by atoms with van der Waals surface area (Å²) in [7, 11) is 0. The van der Waals surface area contributed by atoms with Crippen LogP contribution in [0, 0.1) is 0 Å². The summed E-state index contributed by atoms with van der Waals surface area (Å²) < 4.78 is 5.36. The van der Waals surface area contributed by atoms with Crippen molar-refractivity contribution in [2.24, 2.45) is 5.73 Å². The number of fused-ring (bicyclic) bond motifs is 1. The van der Waals surface area contributed by atoms with Gasteiger partial charge in [-0.25, -0.2) is 9.97 Å². The summed E-state index contributed by atoms with van der Waals surface area (Å²) >= 11 is 0. The molecular weight excluding hydrogens is 228 g/mol. The van der Waals surface area contributed by atoms with Gasteiger partial charge in [-0.3, -0.25) is 0 Å². The monoisotopic (exact) mass is 244 g/mol. The number of aryl methyl sites for hydroxylation is 1. The van der Waals surface area contributed by atoms with Gasteiger partial charge in [0.2, 0.25) is 0 Å². The van der Waals surface area contributed by atoms with Crippen LogP contribution < -0.4 is 11.1 Å². The van der Waals surface area contributed by atoms with Gasteiger partial charge in [0, 0.05) is 24.3 Å². The Morgan fingerprint density at radius 2 is 2.28 bits per heavy atom. The summed E-state index contributed by atoms with van der Waals surface area (Å²) in [6, 6.07) is 3.72. The van der Waals surface area contributed by atoms with Crippen molar-refractivity contribution < 1.29 is 4.42 Å². The van der Waals surface area contributed by atoms with Crippen LogP contribution in [0.2, 0.25) is 0 Å². The predicted octanol–water partition coefficient (Wildman–Crippen LogP) is 1.60. The first-order valence-electron chi connectivity index (χ1n) is 6.26. The standard InChI is InChI=1S/C13H16N4O/c14-6-7-15-12-9-3-1-4-10(9)16-13(17-12)11-5-2-8-18-11/h2,5,8H,1,3-4,6-7,14H2,(H,15,16,17). The molecule has 0 unspecified atom stereocenters. The van der Waals surface area contributed by atoms with Crippen LogP contribution in [-0.4, -0.2) is 23.1 Å². The molecule has 0 atom stereocenters. The van der Waals surface area contributed by atoms with Crippen LogP contribution in [0.4, 0.5) is 5.82 Å². The summed E-state index contributed by atoms with van der Waals surface area (Å²) in [6.07, 6.45) is 4.84. The molecule has 1 aliphatic rings. The highest BCUT2D eigenvalue weighted by molar-refractivity contribution is 5.56. The zero-order valence-corrected chi connectivity index (χ0v) is 10.1. The molecule has 0 radical (unpaired) electrons. The smallest absolute Gasteiger partial charge is 0.197 e. The Morgan fingerprint density at radius 3 is 3.06 bits per heavy atom. The maximum absolute atomic E-state index is 5.53. The van der Waals surface area contributed by atoms with Crippen molar-refractivity contribution in [3.05, 3.63) is 29.7 Å². The molecule has 2 heterocycles. The number of furan rings is 1. The Labute approximate surface area is 105 Å². The maximum atomic E-state index is 5.53. The van der Waals surface area contributed by atoms with Crippen molar-refractivity contribution in [2.75, 3.05) is 18.4 Å². The molecule has 5 heteroatoms. The zero-order valence-electron chi connectivity index (χ0n) is 10.1. The van der Waals surface area contributed by atoms with Crippen LogP contribution in [0.3, 0.4) is 0 Å². The third-order valence-electron chi connectivity index (χ3n) is 3.11. The first-order chi connectivity index (χ1) is 8.88. The lowest BCUT2D eigenvalue weighted by Crippen LogP contribution is -2.15. The third-order valence-corrected chi connectivity index (χ3v) is 3.11. The Bertz CT molecular complexity index is 536. The fraction of sp³-hybridized carbons (Fsp3) is 0.385. The van der Waals surface area contributed by atoms with Crippen molar-refractivity contribution in [1.82, 2.24) is 9.97 Å². The summed E-state index contributed by atoms with van der Waals surface area (Å²) in [5.41, 5.74) is 7.90. The minimum Gasteiger partial charge on any atom is -0.461 e. The largest absolute Gasteiger partial charge is 0.461 e. The second-order valence-electron chi connectivity index (χ2n) is 4.37. The molecule has 0 fully saturated rings. The van der Waals surface area contributed by atoms with Gasteiger partial charge in [0.05, 0.1) is 6.26 Å². The van der Waals surface area contributed by atoms with Crippen LogP contribution in [0.15, 0.2) is 22.8 Å². The Kier molecular flexibility index (Phi) is 2.98. The highest BCUT2D eigenvalue weighted by atomic mass is 16.3. The van der Waals surface area contributed by atoms with Crippen molar-refractivity contribution in [2.45, 2.75) is 19.3 Å². The Hall–Kier alpha value is -1.88. The van der Waals surface area contributed by atoms with E-state index in [0.29, 0.717) is 18.1 Å². The lowest BCUT2D eigenvalue weighted by Gasteiger charge is -2.10. The number of aromatic nitrogens is 2. The number of nitrogens with zero attached hydrogens (tertiary/aromatic N) is 2. The topological polar surface area (TPSA) is 77.0 Å². The fourth-order valence-electron chi connectivity index (χ4n) is 2.29. The molecular formula is C13H16N4O. The lowest BCUT2D eigenvalue weighted by molar-refractivity contribution is 0.577. The van der Waals surface area contributed by atoms with E-state index in [9.17, 15) is 0 Å². The molecule has 0 bridgehead atoms. The predicted molar refractivity (Wildman–Crippen MR) is 69.3 cm³/mol. The first kappa shape index (κ1) is 11.2. The highest BCUT2D eigenvalue weighted by Gasteiger charge is 2.20. The highest BCUT2D eigenvalue weighted by Crippen LogP contribution is 2.29. The summed E-state index contributed by atoms with van der Waals surface area (Å²) in [4.78, 5) is 9.14. The van der Waals surface area contributed by atoms with Crippen LogP contribution in [0.1, 0.15) is 17.7 Å². The van der Waals surface area contributed by atoms with Gasteiger partial charge < -0.3 is 15.5 Å². The molecule has 1 aliphatic carbocycles. The molecule has 18 heavy (non-hydrogen) atoms. The number of hydrogen-bond acceptors (Lipinski definition) is 5. The van der Waals surface area contributed by atoms with Crippen LogP contribution in [-0.2, 0) is 12.8 Å². The molecule has 3 N–H and O–H groups in total. The van der Waals surface area contributed by atoms with E-state index in [1.807, 2.05) is 12.1 Å². The summed E-state index contributed by atoms with van der Waals surface area (Å²) in [5.74, 6) is 2.27. The second kappa shape index (κ2) is 4.78. The molecule has 0 aromatic carbocycles. The van der Waals surface area contributed by atoms with Gasteiger partial charge in [-0.1, -0.05) is 0 Å². The van der Waals surface area contributed by atoms with Crippen LogP contribution in [0.5, 0.6) is 0 Å². The van der Waals surface area contributed by atoms with Gasteiger partial charge in [-0.2, -0.15) is 0 Å². The van der Waals surface area contributed by atoms with E-state index in [4.69, 9.17) is 10.2 Å². The van der Waals surface area contributed by atoms with Gasteiger partial charge in [0.1, 0.15) is 5.82 Å². The molecule has 3 rings (SSSR count). The molecule has 0 spiro atoms. The average Bonchev–Trinajstić information content (AvgIpc) is 3.05. The van der Waals surface area contributed by atoms with E-state index in [-0.39, 0.29) is 0 Å². The van der Waals surface area contributed by atoms with Crippen molar-refractivity contribution in [3.63, 3.8) is 0 Å². The fourth-order valence-corrected chi connectivity index (χ4v) is 2.29. The van der Waals surface area contributed by atoms with Crippen LogP contribution >= 0.6 is 0 Å². The van der Waals surface area contributed by atoms with Gasteiger partial charge in [-0.15, -0.1) is 0 Å². The minimum absolute atomic E-state index is 0.592. The molecule has 2 aromatic rings. The van der Waals surface area contributed by atoms with Gasteiger partial charge in [0.15, 0.2) is 11.6 Å². The minimum atomic E-state index is 0.592. The SMILES string of the molecule is NCCNc1nc(-c2ccco2)nc2c1CCC2. The molecule has 94 valence electrons. The average molecular weight is 244 g/mol. The molecule has 0 saturated heterocycles. The van der Waals surface area contributed by atoms with Gasteiger partial charge >= 0.3 is 0 Å². The van der Waals surface area contributed by atoms with Crippen molar-refractivity contribution in [1.29, 1.82) is 0 Å². The normalized spacial score (nSPS) is 13.6. The van der Waals surface area contributed by atoms with Crippen molar-refractivity contribution in [3.8, 4) is 11.6 Å².